The van der Waals surface area contributed by atoms with Crippen LogP contribution in [0.15, 0.2) is 60.7 Å². The molecule has 2 rings (SSSR count). The predicted molar refractivity (Wildman–Crippen MR) is 86.6 cm³/mol. The molecule has 0 aliphatic carbocycles. The van der Waals surface area contributed by atoms with E-state index in [1.54, 1.807) is 0 Å². The molecule has 1 unspecified atom stereocenters. The van der Waals surface area contributed by atoms with Crippen LogP contribution in [-0.4, -0.2) is 16.9 Å². The van der Waals surface area contributed by atoms with Crippen molar-refractivity contribution >= 4 is 0 Å². The predicted octanol–water partition coefficient (Wildman–Crippen LogP) is 2.23. The first-order valence-electron chi connectivity index (χ1n) is 7.39. The minimum Gasteiger partial charge on any atom is -0.393 e. The number of benzene rings is 2. The van der Waals surface area contributed by atoms with Gasteiger partial charge >= 0.3 is 0 Å². The van der Waals surface area contributed by atoms with Crippen LogP contribution in [0, 0.1) is 0 Å². The normalized spacial score (nSPS) is 13.1. The highest BCUT2D eigenvalue weighted by molar-refractivity contribution is 5.17. The van der Waals surface area contributed by atoms with Gasteiger partial charge in [-0.05, 0) is 24.0 Å². The molecular formula is C18H24N2O. The van der Waals surface area contributed by atoms with Crippen LogP contribution in [0.5, 0.6) is 0 Å². The molecule has 3 nitrogen and oxygen atoms in total. The molecule has 112 valence electrons. The molecule has 21 heavy (non-hydrogen) atoms. The first-order chi connectivity index (χ1) is 10.1. The summed E-state index contributed by atoms with van der Waals surface area (Å²) >= 11 is 0. The minimum absolute atomic E-state index is 0.398. The van der Waals surface area contributed by atoms with Crippen molar-refractivity contribution in [2.24, 2.45) is 11.5 Å². The summed E-state index contributed by atoms with van der Waals surface area (Å²) in [6, 6.07) is 20.0. The van der Waals surface area contributed by atoms with Crippen molar-refractivity contribution in [1.82, 2.24) is 0 Å². The van der Waals surface area contributed by atoms with Crippen LogP contribution in [0.1, 0.15) is 24.0 Å². The maximum Gasteiger partial charge on any atom is 0.0702 e. The van der Waals surface area contributed by atoms with Crippen molar-refractivity contribution in [3.8, 4) is 0 Å². The third kappa shape index (κ3) is 5.68. The summed E-state index contributed by atoms with van der Waals surface area (Å²) in [6.07, 6.45) is 1.99. The molecule has 0 aliphatic heterocycles. The fraction of sp³-hybridized carbons (Fsp3) is 0.333. The standard InChI is InChI=1S/C18H24N2O/c19-18(20,13-16-9-5-2-6-10-16)14-17(21)12-11-15-7-3-1-4-8-15/h1-10,17,21H,11-14,19-20H2. The van der Waals surface area contributed by atoms with Gasteiger partial charge in [-0.25, -0.2) is 0 Å². The Hall–Kier alpha value is -1.68. The Morgan fingerprint density at radius 1 is 0.857 bits per heavy atom. The lowest BCUT2D eigenvalue weighted by molar-refractivity contribution is 0.124. The second-order valence-corrected chi connectivity index (χ2v) is 5.78. The van der Waals surface area contributed by atoms with E-state index < -0.39 is 11.8 Å². The summed E-state index contributed by atoms with van der Waals surface area (Å²) < 4.78 is 0. The molecule has 5 N–H and O–H groups in total. The highest BCUT2D eigenvalue weighted by Gasteiger charge is 2.23. The number of hydrogen-bond donors (Lipinski definition) is 3. The van der Waals surface area contributed by atoms with Gasteiger partial charge in [0.1, 0.15) is 0 Å². The Bertz CT molecular complexity index is 525. The average Bonchev–Trinajstić information content (AvgIpc) is 2.46. The highest BCUT2D eigenvalue weighted by atomic mass is 16.3. The molecule has 2 aromatic carbocycles. The lowest BCUT2D eigenvalue weighted by atomic mass is 9.93. The van der Waals surface area contributed by atoms with Gasteiger partial charge in [0.05, 0.1) is 11.8 Å². The van der Waals surface area contributed by atoms with E-state index in [2.05, 4.69) is 12.1 Å². The van der Waals surface area contributed by atoms with E-state index in [0.29, 0.717) is 19.3 Å². The van der Waals surface area contributed by atoms with Crippen molar-refractivity contribution in [2.75, 3.05) is 0 Å². The molecule has 0 amide bonds. The maximum atomic E-state index is 10.2. The summed E-state index contributed by atoms with van der Waals surface area (Å²) in [5, 5.41) is 10.2. The van der Waals surface area contributed by atoms with Gasteiger partial charge in [0, 0.05) is 12.8 Å². The second-order valence-electron chi connectivity index (χ2n) is 5.78. The van der Waals surface area contributed by atoms with Crippen LogP contribution in [0.3, 0.4) is 0 Å². The van der Waals surface area contributed by atoms with E-state index in [9.17, 15) is 5.11 Å². The molecule has 0 bridgehead atoms. The van der Waals surface area contributed by atoms with Crippen molar-refractivity contribution in [2.45, 2.75) is 37.5 Å². The van der Waals surface area contributed by atoms with Gasteiger partial charge in [-0.3, -0.25) is 0 Å². The third-order valence-corrected chi connectivity index (χ3v) is 3.60. The number of aliphatic hydroxyl groups is 1. The summed E-state index contributed by atoms with van der Waals surface area (Å²) in [4.78, 5) is 0. The largest absolute Gasteiger partial charge is 0.393 e. The van der Waals surface area contributed by atoms with Gasteiger partial charge in [0.2, 0.25) is 0 Å². The smallest absolute Gasteiger partial charge is 0.0702 e. The first-order valence-corrected chi connectivity index (χ1v) is 7.39. The van der Waals surface area contributed by atoms with Crippen molar-refractivity contribution in [1.29, 1.82) is 0 Å². The monoisotopic (exact) mass is 284 g/mol. The van der Waals surface area contributed by atoms with E-state index in [1.165, 1.54) is 5.56 Å². The SMILES string of the molecule is NC(N)(Cc1ccccc1)CC(O)CCc1ccccc1. The Labute approximate surface area is 126 Å². The number of aryl methyl sites for hydroxylation is 1. The van der Waals surface area contributed by atoms with Crippen LogP contribution < -0.4 is 11.5 Å². The van der Waals surface area contributed by atoms with Gasteiger partial charge in [-0.2, -0.15) is 0 Å². The molecular weight excluding hydrogens is 260 g/mol. The molecule has 1 atom stereocenters. The van der Waals surface area contributed by atoms with E-state index in [1.807, 2.05) is 48.5 Å². The highest BCUT2D eigenvalue weighted by Crippen LogP contribution is 2.15. The van der Waals surface area contributed by atoms with Crippen molar-refractivity contribution < 1.29 is 5.11 Å². The van der Waals surface area contributed by atoms with E-state index in [4.69, 9.17) is 11.5 Å². The lowest BCUT2D eigenvalue weighted by Crippen LogP contribution is -2.53. The third-order valence-electron chi connectivity index (χ3n) is 3.60. The quantitative estimate of drug-likeness (QED) is 0.683. The molecule has 0 aliphatic rings. The first kappa shape index (κ1) is 15.7. The molecule has 0 spiro atoms. The molecule has 0 aromatic heterocycles. The summed E-state index contributed by atoms with van der Waals surface area (Å²) in [7, 11) is 0. The van der Waals surface area contributed by atoms with E-state index >= 15 is 0 Å². The number of hydrogen-bond acceptors (Lipinski definition) is 3. The fourth-order valence-corrected chi connectivity index (χ4v) is 2.57. The Morgan fingerprint density at radius 2 is 1.38 bits per heavy atom. The zero-order valence-corrected chi connectivity index (χ0v) is 12.3. The molecule has 0 radical (unpaired) electrons. The fourth-order valence-electron chi connectivity index (χ4n) is 2.57. The Balaban J connectivity index is 1.82. The summed E-state index contributed by atoms with van der Waals surface area (Å²) in [5.41, 5.74) is 13.7. The van der Waals surface area contributed by atoms with Crippen molar-refractivity contribution in [3.63, 3.8) is 0 Å². The molecule has 2 aromatic rings. The van der Waals surface area contributed by atoms with Crippen molar-refractivity contribution in [3.05, 3.63) is 71.8 Å². The average molecular weight is 284 g/mol. The molecule has 0 heterocycles. The second kappa shape index (κ2) is 7.36. The van der Waals surface area contributed by atoms with Gasteiger partial charge in [-0.1, -0.05) is 60.7 Å². The molecule has 0 saturated heterocycles. The van der Waals surface area contributed by atoms with Crippen LogP contribution in [0.4, 0.5) is 0 Å². The topological polar surface area (TPSA) is 72.3 Å². The minimum atomic E-state index is -0.878. The van der Waals surface area contributed by atoms with Crippen LogP contribution >= 0.6 is 0 Å². The Kier molecular flexibility index (Phi) is 5.51. The van der Waals surface area contributed by atoms with Crippen LogP contribution in [0.2, 0.25) is 0 Å². The molecule has 3 heteroatoms. The number of rotatable bonds is 7. The van der Waals surface area contributed by atoms with Crippen LogP contribution in [-0.2, 0) is 12.8 Å². The van der Waals surface area contributed by atoms with E-state index in [-0.39, 0.29) is 0 Å². The Morgan fingerprint density at radius 3 is 1.95 bits per heavy atom. The molecule has 0 fully saturated rings. The zero-order valence-electron chi connectivity index (χ0n) is 12.3. The lowest BCUT2D eigenvalue weighted by Gasteiger charge is -2.27. The number of aliphatic hydroxyl groups excluding tert-OH is 1. The number of nitrogens with two attached hydrogens (primary N) is 2. The maximum absolute atomic E-state index is 10.2. The van der Waals surface area contributed by atoms with Gasteiger partial charge in [-0.15, -0.1) is 0 Å². The van der Waals surface area contributed by atoms with Gasteiger partial charge < -0.3 is 16.6 Å². The molecule has 0 saturated carbocycles. The van der Waals surface area contributed by atoms with Gasteiger partial charge in [0.15, 0.2) is 0 Å². The summed E-state index contributed by atoms with van der Waals surface area (Å²) in [6.45, 7) is 0. The van der Waals surface area contributed by atoms with E-state index in [0.717, 1.165) is 12.0 Å². The van der Waals surface area contributed by atoms with Gasteiger partial charge in [0.25, 0.3) is 0 Å². The zero-order chi connectivity index (χ0) is 15.1. The van der Waals surface area contributed by atoms with Crippen LogP contribution in [0.25, 0.3) is 0 Å². The summed E-state index contributed by atoms with van der Waals surface area (Å²) in [5.74, 6) is 0.